The summed E-state index contributed by atoms with van der Waals surface area (Å²) in [5, 5.41) is 5.19. The molecule has 1 nitrogen and oxygen atoms in total. The Morgan fingerprint density at radius 1 is 0.528 bits per heavy atom. The highest BCUT2D eigenvalue weighted by Crippen LogP contribution is 2.65. The largest absolute Gasteiger partial charge is 0.310 e. The van der Waals surface area contributed by atoms with Gasteiger partial charge < -0.3 is 4.90 Å². The first kappa shape index (κ1) is 31.4. The molecule has 5 atom stereocenters. The molecule has 1 heterocycles. The lowest BCUT2D eigenvalue weighted by Gasteiger charge is -2.54. The van der Waals surface area contributed by atoms with Gasteiger partial charge in [0.15, 0.2) is 0 Å². The summed E-state index contributed by atoms with van der Waals surface area (Å²) in [4.78, 5) is 2.50. The van der Waals surface area contributed by atoms with Gasteiger partial charge in [-0.25, -0.2) is 0 Å². The summed E-state index contributed by atoms with van der Waals surface area (Å²) in [5.74, 6) is 2.98. The van der Waals surface area contributed by atoms with Crippen LogP contribution in [0.15, 0.2) is 152 Å². The molecule has 11 rings (SSSR count). The van der Waals surface area contributed by atoms with Crippen molar-refractivity contribution >= 4 is 59.3 Å². The van der Waals surface area contributed by atoms with Crippen molar-refractivity contribution in [2.24, 2.45) is 23.7 Å². The normalized spacial score (nSPS) is 23.1. The predicted molar refractivity (Wildman–Crippen MR) is 227 cm³/mol. The number of nitrogens with zero attached hydrogens (tertiary/aromatic N) is 1. The van der Waals surface area contributed by atoms with Crippen molar-refractivity contribution in [1.82, 2.24) is 0 Å². The van der Waals surface area contributed by atoms with E-state index in [9.17, 15) is 0 Å². The molecule has 3 aliphatic rings. The van der Waals surface area contributed by atoms with E-state index in [1.165, 1.54) is 95.9 Å². The molecule has 0 N–H and O–H groups in total. The third kappa shape index (κ3) is 4.68. The van der Waals surface area contributed by atoms with Crippen LogP contribution in [0.2, 0.25) is 0 Å². The zero-order valence-corrected chi connectivity index (χ0v) is 31.2. The molecule has 0 radical (unpaired) electrons. The Labute approximate surface area is 316 Å². The molecule has 1 unspecified atom stereocenters. The van der Waals surface area contributed by atoms with Gasteiger partial charge >= 0.3 is 0 Å². The minimum absolute atomic E-state index is 0.0895. The van der Waals surface area contributed by atoms with Crippen LogP contribution in [0.4, 0.5) is 17.1 Å². The van der Waals surface area contributed by atoms with Gasteiger partial charge in [-0.15, -0.1) is 11.3 Å². The summed E-state index contributed by atoms with van der Waals surface area (Å²) in [6, 6.07) is 57.4. The molecule has 0 saturated heterocycles. The van der Waals surface area contributed by atoms with Gasteiger partial charge in [-0.05, 0) is 136 Å². The van der Waals surface area contributed by atoms with Crippen molar-refractivity contribution in [1.29, 1.82) is 0 Å². The number of fused-ring (bicyclic) bond motifs is 12. The summed E-state index contributed by atoms with van der Waals surface area (Å²) >= 11 is 1.90. The lowest BCUT2D eigenvalue weighted by molar-refractivity contribution is 0.0426. The van der Waals surface area contributed by atoms with E-state index in [0.717, 1.165) is 11.8 Å². The number of hydrogen-bond acceptors (Lipinski definition) is 2. The molecule has 2 heteroatoms. The fourth-order valence-corrected chi connectivity index (χ4v) is 12.6. The van der Waals surface area contributed by atoms with Crippen molar-refractivity contribution in [3.8, 4) is 22.3 Å². The topological polar surface area (TPSA) is 3.24 Å². The van der Waals surface area contributed by atoms with Crippen molar-refractivity contribution < 1.29 is 0 Å². The molecule has 53 heavy (non-hydrogen) atoms. The van der Waals surface area contributed by atoms with Crippen LogP contribution in [-0.4, -0.2) is 0 Å². The van der Waals surface area contributed by atoms with Gasteiger partial charge in [-0.3, -0.25) is 0 Å². The fraction of sp³-hybridized carbons (Fsp3) is 0.216. The Hall–Kier alpha value is -5.18. The zero-order chi connectivity index (χ0) is 35.3. The summed E-state index contributed by atoms with van der Waals surface area (Å²) in [6.07, 6.45) is 5.44. The number of thiophene rings is 1. The van der Waals surface area contributed by atoms with Crippen LogP contribution in [0.25, 0.3) is 53.2 Å². The second-order valence-electron chi connectivity index (χ2n) is 16.4. The standard InChI is InChI=1S/C51H43NS/c1-32-25-34-27-33(2)51(38(26-32)28-34)47-19-7-5-15-43(47)46-31-41(23-24-48(46)51)52(40-22-21-35-11-3-4-12-36(35)29-40)39-14-9-13-37(30-39)42-17-10-18-45-44-16-6-8-20-49(44)53-50(42)45/h3-24,29-34,38H,25-28H2,1-2H3/t32-,33+,34-,38-,51?/m0/s1. The van der Waals surface area contributed by atoms with Gasteiger partial charge in [0.25, 0.3) is 0 Å². The van der Waals surface area contributed by atoms with Crippen LogP contribution in [0.5, 0.6) is 0 Å². The number of anilines is 3. The number of hydrogen-bond donors (Lipinski definition) is 0. The molecule has 7 aromatic carbocycles. The summed E-state index contributed by atoms with van der Waals surface area (Å²) in [7, 11) is 0. The molecule has 0 aliphatic heterocycles. The molecular formula is C51H43NS. The van der Waals surface area contributed by atoms with E-state index >= 15 is 0 Å². The average molecular weight is 702 g/mol. The zero-order valence-electron chi connectivity index (χ0n) is 30.4. The SMILES string of the molecule is C[C@H]1C[C@@H]2C[C@H](C1)C1(c3ccccc3-c3cc(N(c4cccc(-c5cccc6c5sc5ccccc56)c4)c4ccc5ccccc5c4)ccc31)[C@H](C)C2. The van der Waals surface area contributed by atoms with Crippen molar-refractivity contribution in [3.63, 3.8) is 0 Å². The van der Waals surface area contributed by atoms with Crippen molar-refractivity contribution in [2.45, 2.75) is 44.9 Å². The molecule has 2 bridgehead atoms. The third-order valence-electron chi connectivity index (χ3n) is 13.3. The maximum absolute atomic E-state index is 2.57. The van der Waals surface area contributed by atoms with E-state index in [1.54, 1.807) is 11.1 Å². The lowest BCUT2D eigenvalue weighted by Crippen LogP contribution is -2.49. The first-order valence-corrected chi connectivity index (χ1v) is 20.4. The third-order valence-corrected chi connectivity index (χ3v) is 14.5. The van der Waals surface area contributed by atoms with Crippen molar-refractivity contribution in [2.75, 3.05) is 4.90 Å². The lowest BCUT2D eigenvalue weighted by atomic mass is 9.49. The molecule has 8 aromatic rings. The van der Waals surface area contributed by atoms with Crippen LogP contribution < -0.4 is 4.90 Å². The quantitative estimate of drug-likeness (QED) is 0.177. The summed E-state index contributed by atoms with van der Waals surface area (Å²) in [6.45, 7) is 5.07. The van der Waals surface area contributed by atoms with Crippen LogP contribution >= 0.6 is 11.3 Å². The molecule has 258 valence electrons. The average Bonchev–Trinajstić information content (AvgIpc) is 3.71. The van der Waals surface area contributed by atoms with E-state index in [2.05, 4.69) is 170 Å². The highest BCUT2D eigenvalue weighted by Gasteiger charge is 2.56. The Morgan fingerprint density at radius 2 is 1.25 bits per heavy atom. The Kier molecular flexibility index (Phi) is 7.05. The summed E-state index contributed by atoms with van der Waals surface area (Å²) < 4.78 is 2.69. The smallest absolute Gasteiger partial charge is 0.0468 e. The predicted octanol–water partition coefficient (Wildman–Crippen LogP) is 14.7. The van der Waals surface area contributed by atoms with E-state index < -0.39 is 0 Å². The molecule has 0 amide bonds. The minimum atomic E-state index is 0.0895. The first-order valence-electron chi connectivity index (χ1n) is 19.6. The highest BCUT2D eigenvalue weighted by molar-refractivity contribution is 7.26. The molecule has 1 aromatic heterocycles. The van der Waals surface area contributed by atoms with Crippen LogP contribution in [0.3, 0.4) is 0 Å². The Balaban J connectivity index is 1.11. The van der Waals surface area contributed by atoms with Crippen LogP contribution in [-0.2, 0) is 5.41 Å². The van der Waals surface area contributed by atoms with E-state index in [-0.39, 0.29) is 5.41 Å². The second-order valence-corrected chi connectivity index (χ2v) is 17.4. The highest BCUT2D eigenvalue weighted by atomic mass is 32.1. The van der Waals surface area contributed by atoms with Crippen molar-refractivity contribution in [3.05, 3.63) is 163 Å². The maximum atomic E-state index is 2.57. The number of rotatable bonds is 4. The van der Waals surface area contributed by atoms with Crippen LogP contribution in [0, 0.1) is 23.7 Å². The van der Waals surface area contributed by atoms with E-state index in [4.69, 9.17) is 0 Å². The van der Waals surface area contributed by atoms with Gasteiger partial charge in [-0.1, -0.05) is 123 Å². The molecule has 1 spiro atoms. The van der Waals surface area contributed by atoms with Gasteiger partial charge in [-0.2, -0.15) is 0 Å². The van der Waals surface area contributed by atoms with Gasteiger partial charge in [0, 0.05) is 42.6 Å². The fourth-order valence-electron chi connectivity index (χ4n) is 11.4. The van der Waals surface area contributed by atoms with Gasteiger partial charge in [0.05, 0.1) is 0 Å². The number of benzene rings is 7. The monoisotopic (exact) mass is 701 g/mol. The Bertz CT molecular complexity index is 2710. The summed E-state index contributed by atoms with van der Waals surface area (Å²) in [5.41, 5.74) is 12.2. The van der Waals surface area contributed by atoms with Crippen LogP contribution in [0.1, 0.15) is 50.7 Å². The second kappa shape index (κ2) is 11.9. The van der Waals surface area contributed by atoms with E-state index in [1.807, 2.05) is 11.3 Å². The molecule has 3 aliphatic carbocycles. The first-order chi connectivity index (χ1) is 26.1. The molecule has 2 fully saturated rings. The molecule has 2 saturated carbocycles. The van der Waals surface area contributed by atoms with E-state index in [0.29, 0.717) is 11.8 Å². The van der Waals surface area contributed by atoms with Gasteiger partial charge in [0.1, 0.15) is 0 Å². The Morgan fingerprint density at radius 3 is 2.19 bits per heavy atom. The maximum Gasteiger partial charge on any atom is 0.0468 e. The van der Waals surface area contributed by atoms with Gasteiger partial charge in [0.2, 0.25) is 0 Å². The molecular weight excluding hydrogens is 659 g/mol. The minimum Gasteiger partial charge on any atom is -0.310 e.